The van der Waals surface area contributed by atoms with E-state index in [-0.39, 0.29) is 0 Å². The van der Waals surface area contributed by atoms with Gasteiger partial charge in [-0.1, -0.05) is 121 Å². The second-order valence-electron chi connectivity index (χ2n) is 11.4. The van der Waals surface area contributed by atoms with Crippen LogP contribution in [0.3, 0.4) is 0 Å². The van der Waals surface area contributed by atoms with Crippen molar-refractivity contribution in [3.8, 4) is 11.1 Å². The monoisotopic (exact) mass is 577 g/mol. The normalized spacial score (nSPS) is 11.6. The van der Waals surface area contributed by atoms with Gasteiger partial charge >= 0.3 is 0 Å². The summed E-state index contributed by atoms with van der Waals surface area (Å²) in [5.74, 6) is 0. The van der Waals surface area contributed by atoms with E-state index in [0.29, 0.717) is 0 Å². The van der Waals surface area contributed by atoms with E-state index in [4.69, 9.17) is 0 Å². The number of para-hydroxylation sites is 1. The van der Waals surface area contributed by atoms with Crippen molar-refractivity contribution in [2.45, 2.75) is 0 Å². The van der Waals surface area contributed by atoms with Crippen LogP contribution < -0.4 is 4.90 Å². The van der Waals surface area contributed by atoms with E-state index in [9.17, 15) is 0 Å². The lowest BCUT2D eigenvalue weighted by atomic mass is 9.92. The molecule has 8 aromatic carbocycles. The molecule has 0 radical (unpaired) electrons. The minimum atomic E-state index is 1.15. The summed E-state index contributed by atoms with van der Waals surface area (Å²) in [5, 5.41) is 10.3. The highest BCUT2D eigenvalue weighted by Gasteiger charge is 2.18. The lowest BCUT2D eigenvalue weighted by molar-refractivity contribution is 1.30. The zero-order valence-electron chi connectivity index (χ0n) is 23.9. The zero-order valence-corrected chi connectivity index (χ0v) is 24.8. The molecular formula is C42H27NS. The smallest absolute Gasteiger partial charge is 0.0476 e. The van der Waals surface area contributed by atoms with Gasteiger partial charge in [0.05, 0.1) is 0 Å². The van der Waals surface area contributed by atoms with Crippen molar-refractivity contribution in [3.05, 3.63) is 164 Å². The Balaban J connectivity index is 1.28. The fourth-order valence-electron chi connectivity index (χ4n) is 6.75. The molecule has 0 saturated heterocycles. The average Bonchev–Trinajstić information content (AvgIpc) is 3.46. The number of benzene rings is 8. The summed E-state index contributed by atoms with van der Waals surface area (Å²) >= 11 is 1.90. The lowest BCUT2D eigenvalue weighted by Gasteiger charge is -2.26. The Morgan fingerprint density at radius 1 is 0.341 bits per heavy atom. The van der Waals surface area contributed by atoms with Crippen LogP contribution in [0.5, 0.6) is 0 Å². The molecule has 0 amide bonds. The van der Waals surface area contributed by atoms with Gasteiger partial charge < -0.3 is 4.90 Å². The van der Waals surface area contributed by atoms with Crippen molar-refractivity contribution in [3.63, 3.8) is 0 Å². The molecule has 206 valence electrons. The number of fused-ring (bicyclic) bond motifs is 7. The fourth-order valence-corrected chi connectivity index (χ4v) is 8.00. The second-order valence-corrected chi connectivity index (χ2v) is 12.4. The van der Waals surface area contributed by atoms with Gasteiger partial charge in [0.25, 0.3) is 0 Å². The van der Waals surface area contributed by atoms with Crippen LogP contribution in [0.4, 0.5) is 17.1 Å². The molecule has 0 bridgehead atoms. The van der Waals surface area contributed by atoms with E-state index in [0.717, 1.165) is 17.1 Å². The highest BCUT2D eigenvalue weighted by molar-refractivity contribution is 7.26. The van der Waals surface area contributed by atoms with Gasteiger partial charge in [0.2, 0.25) is 0 Å². The second kappa shape index (κ2) is 10.1. The molecule has 0 spiro atoms. The maximum absolute atomic E-state index is 2.43. The number of thiophene rings is 1. The minimum Gasteiger partial charge on any atom is -0.310 e. The topological polar surface area (TPSA) is 3.24 Å². The van der Waals surface area contributed by atoms with Crippen LogP contribution in [0.1, 0.15) is 0 Å². The zero-order chi connectivity index (χ0) is 29.0. The van der Waals surface area contributed by atoms with Crippen LogP contribution in [-0.4, -0.2) is 0 Å². The van der Waals surface area contributed by atoms with Gasteiger partial charge in [0.1, 0.15) is 0 Å². The molecule has 0 aliphatic rings. The van der Waals surface area contributed by atoms with Gasteiger partial charge in [-0.25, -0.2) is 0 Å². The van der Waals surface area contributed by atoms with E-state index >= 15 is 0 Å². The van der Waals surface area contributed by atoms with Crippen LogP contribution in [0, 0.1) is 0 Å². The van der Waals surface area contributed by atoms with Gasteiger partial charge in [-0.3, -0.25) is 0 Å². The van der Waals surface area contributed by atoms with Crippen LogP contribution in [0.25, 0.3) is 63.6 Å². The summed E-state index contributed by atoms with van der Waals surface area (Å²) in [7, 11) is 0. The quantitative estimate of drug-likeness (QED) is 0.201. The summed E-state index contributed by atoms with van der Waals surface area (Å²) in [4.78, 5) is 2.37. The number of hydrogen-bond donors (Lipinski definition) is 0. The molecule has 0 aliphatic heterocycles. The summed E-state index contributed by atoms with van der Waals surface area (Å²) in [5.41, 5.74) is 6.02. The first-order valence-electron chi connectivity index (χ1n) is 15.0. The number of nitrogens with zero attached hydrogens (tertiary/aromatic N) is 1. The summed E-state index contributed by atoms with van der Waals surface area (Å²) in [6, 6.07) is 59.7. The van der Waals surface area contributed by atoms with Crippen molar-refractivity contribution >= 4 is 80.9 Å². The van der Waals surface area contributed by atoms with E-state index in [2.05, 4.69) is 169 Å². The van der Waals surface area contributed by atoms with Crippen LogP contribution in [0.15, 0.2) is 164 Å². The number of rotatable bonds is 4. The molecule has 0 aliphatic carbocycles. The highest BCUT2D eigenvalue weighted by atomic mass is 32.1. The number of hydrogen-bond acceptors (Lipinski definition) is 2. The molecule has 0 N–H and O–H groups in total. The summed E-state index contributed by atoms with van der Waals surface area (Å²) in [6.07, 6.45) is 0. The Labute approximate surface area is 259 Å². The Bertz CT molecular complexity index is 2500. The molecule has 0 fully saturated rings. The molecule has 44 heavy (non-hydrogen) atoms. The standard InChI is InChI=1S/C42H27NS/c1-2-15-31(16-3-1)43(32-22-21-28-11-4-5-13-30(28)25-32)33-23-24-37-40-27-39(35-20-10-14-29-12-6-7-17-34(29)35)36-18-8-9-19-38(36)42(40)44-41(37)26-33/h1-27H. The molecule has 1 nitrogen and oxygen atoms in total. The Hall–Kier alpha value is -5.44. The first kappa shape index (κ1) is 25.1. The van der Waals surface area contributed by atoms with Crippen molar-refractivity contribution < 1.29 is 0 Å². The predicted octanol–water partition coefficient (Wildman–Crippen LogP) is 12.7. The number of anilines is 3. The Kier molecular flexibility index (Phi) is 5.75. The third-order valence-corrected chi connectivity index (χ3v) is 10.0. The first-order valence-corrected chi connectivity index (χ1v) is 15.8. The molecule has 9 aromatic rings. The van der Waals surface area contributed by atoms with Gasteiger partial charge in [-0.05, 0) is 80.5 Å². The van der Waals surface area contributed by atoms with Gasteiger partial charge in [0, 0.05) is 42.6 Å². The predicted molar refractivity (Wildman–Crippen MR) is 192 cm³/mol. The van der Waals surface area contributed by atoms with E-state index in [1.54, 1.807) is 0 Å². The minimum absolute atomic E-state index is 1.15. The van der Waals surface area contributed by atoms with Gasteiger partial charge in [-0.15, -0.1) is 11.3 Å². The third-order valence-electron chi connectivity index (χ3n) is 8.81. The first-order chi connectivity index (χ1) is 21.8. The molecule has 9 rings (SSSR count). The highest BCUT2D eigenvalue weighted by Crippen LogP contribution is 2.46. The van der Waals surface area contributed by atoms with Crippen LogP contribution in [0.2, 0.25) is 0 Å². The molecular weight excluding hydrogens is 551 g/mol. The summed E-state index contributed by atoms with van der Waals surface area (Å²) < 4.78 is 2.63. The molecule has 1 heterocycles. The van der Waals surface area contributed by atoms with Crippen molar-refractivity contribution in [2.75, 3.05) is 4.90 Å². The molecule has 0 saturated carbocycles. The molecule has 0 unspecified atom stereocenters. The molecule has 0 atom stereocenters. The van der Waals surface area contributed by atoms with E-state index in [1.165, 1.54) is 63.6 Å². The van der Waals surface area contributed by atoms with Crippen LogP contribution in [-0.2, 0) is 0 Å². The van der Waals surface area contributed by atoms with Gasteiger partial charge in [-0.2, -0.15) is 0 Å². The lowest BCUT2D eigenvalue weighted by Crippen LogP contribution is -2.09. The van der Waals surface area contributed by atoms with Gasteiger partial charge in [0.15, 0.2) is 0 Å². The van der Waals surface area contributed by atoms with Crippen molar-refractivity contribution in [1.82, 2.24) is 0 Å². The fraction of sp³-hybridized carbons (Fsp3) is 0. The maximum atomic E-state index is 2.43. The van der Waals surface area contributed by atoms with E-state index < -0.39 is 0 Å². The average molecular weight is 578 g/mol. The van der Waals surface area contributed by atoms with Crippen LogP contribution >= 0.6 is 11.3 Å². The molecule has 1 aromatic heterocycles. The Morgan fingerprint density at radius 3 is 1.86 bits per heavy atom. The maximum Gasteiger partial charge on any atom is 0.0476 e. The largest absolute Gasteiger partial charge is 0.310 e. The molecule has 2 heteroatoms. The third kappa shape index (κ3) is 4.00. The Morgan fingerprint density at radius 2 is 1.00 bits per heavy atom. The van der Waals surface area contributed by atoms with Crippen molar-refractivity contribution in [2.24, 2.45) is 0 Å². The SMILES string of the molecule is c1ccc(N(c2ccc3ccccc3c2)c2ccc3c(c2)sc2c4ccccc4c(-c4cccc5ccccc45)cc32)cc1. The summed E-state index contributed by atoms with van der Waals surface area (Å²) in [6.45, 7) is 0. The van der Waals surface area contributed by atoms with Crippen molar-refractivity contribution in [1.29, 1.82) is 0 Å². The van der Waals surface area contributed by atoms with E-state index in [1.807, 2.05) is 11.3 Å².